The van der Waals surface area contributed by atoms with Crippen LogP contribution in [0.15, 0.2) is 48.5 Å². The Morgan fingerprint density at radius 2 is 1.91 bits per heavy atom. The van der Waals surface area contributed by atoms with E-state index in [1.165, 1.54) is 18.2 Å². The third-order valence-electron chi connectivity index (χ3n) is 3.24. The van der Waals surface area contributed by atoms with Crippen LogP contribution in [-0.4, -0.2) is 23.0 Å². The molecule has 1 atom stereocenters. The zero-order chi connectivity index (χ0) is 16.1. The molecule has 2 aromatic carbocycles. The van der Waals surface area contributed by atoms with E-state index in [1.54, 1.807) is 6.07 Å². The quantitative estimate of drug-likeness (QED) is 0.892. The molecule has 0 saturated carbocycles. The summed E-state index contributed by atoms with van der Waals surface area (Å²) in [6.45, 7) is 1.90. The van der Waals surface area contributed by atoms with Crippen molar-refractivity contribution in [3.63, 3.8) is 0 Å². The molecule has 0 saturated heterocycles. The van der Waals surface area contributed by atoms with E-state index >= 15 is 0 Å². The monoisotopic (exact) mass is 301 g/mol. The molecule has 0 bridgehead atoms. The van der Waals surface area contributed by atoms with Gasteiger partial charge in [0, 0.05) is 6.42 Å². The predicted octanol–water partition coefficient (Wildman–Crippen LogP) is 2.56. The molecule has 0 aliphatic carbocycles. The second-order valence-corrected chi connectivity index (χ2v) is 5.04. The minimum Gasteiger partial charge on any atom is -0.480 e. The van der Waals surface area contributed by atoms with Crippen molar-refractivity contribution >= 4 is 11.9 Å². The Morgan fingerprint density at radius 1 is 1.18 bits per heavy atom. The fraction of sp³-hybridized carbons (Fsp3) is 0.176. The molecule has 0 spiro atoms. The number of rotatable bonds is 5. The predicted molar refractivity (Wildman–Crippen MR) is 80.2 cm³/mol. The minimum atomic E-state index is -1.16. The molecule has 2 rings (SSSR count). The van der Waals surface area contributed by atoms with E-state index in [0.29, 0.717) is 0 Å². The van der Waals surface area contributed by atoms with Gasteiger partial charge in [0.05, 0.1) is 5.56 Å². The van der Waals surface area contributed by atoms with Crippen LogP contribution in [0.3, 0.4) is 0 Å². The van der Waals surface area contributed by atoms with Crippen LogP contribution in [0.25, 0.3) is 0 Å². The molecule has 2 aromatic rings. The van der Waals surface area contributed by atoms with E-state index in [4.69, 9.17) is 0 Å². The molecule has 114 valence electrons. The van der Waals surface area contributed by atoms with Crippen molar-refractivity contribution in [2.75, 3.05) is 0 Å². The summed E-state index contributed by atoms with van der Waals surface area (Å²) in [6.07, 6.45) is 0.136. The van der Waals surface area contributed by atoms with Gasteiger partial charge in [0.2, 0.25) is 0 Å². The number of halogens is 1. The first kappa shape index (κ1) is 15.7. The maximum Gasteiger partial charge on any atom is 0.326 e. The number of amides is 1. The lowest BCUT2D eigenvalue weighted by Crippen LogP contribution is -2.42. The van der Waals surface area contributed by atoms with Gasteiger partial charge in [-0.3, -0.25) is 4.79 Å². The van der Waals surface area contributed by atoms with Crippen LogP contribution in [0.4, 0.5) is 4.39 Å². The van der Waals surface area contributed by atoms with Crippen LogP contribution in [0, 0.1) is 12.7 Å². The van der Waals surface area contributed by atoms with Crippen molar-refractivity contribution < 1.29 is 19.1 Å². The lowest BCUT2D eigenvalue weighted by Gasteiger charge is -2.15. The second kappa shape index (κ2) is 6.85. The number of aryl methyl sites for hydroxylation is 1. The Labute approximate surface area is 127 Å². The molecule has 0 aliphatic rings. The largest absolute Gasteiger partial charge is 0.480 e. The number of benzene rings is 2. The van der Waals surface area contributed by atoms with Gasteiger partial charge in [0.25, 0.3) is 5.91 Å². The molecule has 5 heteroatoms. The van der Waals surface area contributed by atoms with Gasteiger partial charge < -0.3 is 10.4 Å². The average molecular weight is 301 g/mol. The van der Waals surface area contributed by atoms with Crippen molar-refractivity contribution in [1.29, 1.82) is 0 Å². The van der Waals surface area contributed by atoms with Crippen LogP contribution < -0.4 is 5.32 Å². The van der Waals surface area contributed by atoms with Crippen molar-refractivity contribution in [2.45, 2.75) is 19.4 Å². The second-order valence-electron chi connectivity index (χ2n) is 5.04. The van der Waals surface area contributed by atoms with Gasteiger partial charge in [0.1, 0.15) is 11.9 Å². The van der Waals surface area contributed by atoms with Gasteiger partial charge >= 0.3 is 5.97 Å². The molecule has 22 heavy (non-hydrogen) atoms. The van der Waals surface area contributed by atoms with Crippen LogP contribution >= 0.6 is 0 Å². The Bertz CT molecular complexity index is 700. The molecular formula is C17H16FNO3. The van der Waals surface area contributed by atoms with Crippen molar-refractivity contribution in [1.82, 2.24) is 5.32 Å². The molecule has 4 nitrogen and oxygen atoms in total. The lowest BCUT2D eigenvalue weighted by molar-refractivity contribution is -0.139. The number of aliphatic carboxylic acids is 1. The maximum absolute atomic E-state index is 13.6. The van der Waals surface area contributed by atoms with E-state index in [2.05, 4.69) is 5.32 Å². The van der Waals surface area contributed by atoms with Crippen LogP contribution in [0.1, 0.15) is 21.5 Å². The lowest BCUT2D eigenvalue weighted by atomic mass is 10.0. The summed E-state index contributed by atoms with van der Waals surface area (Å²) in [4.78, 5) is 23.4. The third-order valence-corrected chi connectivity index (χ3v) is 3.24. The standard InChI is InChI=1S/C17H16FNO3/c1-11-5-4-6-12(9-11)10-15(17(21)22)19-16(20)13-7-2-3-8-14(13)18/h2-9,15H,10H2,1H3,(H,19,20)(H,21,22)/t15-/m0/s1. The molecule has 1 amide bonds. The Balaban J connectivity index is 2.14. The van der Waals surface area contributed by atoms with E-state index in [1.807, 2.05) is 25.1 Å². The molecule has 0 fully saturated rings. The Hall–Kier alpha value is -2.69. The van der Waals surface area contributed by atoms with Crippen molar-refractivity contribution in [3.8, 4) is 0 Å². The SMILES string of the molecule is Cc1cccc(C[C@H](NC(=O)c2ccccc2F)C(=O)O)c1. The van der Waals surface area contributed by atoms with Crippen LogP contribution in [0.2, 0.25) is 0 Å². The number of hydrogen-bond acceptors (Lipinski definition) is 2. The summed E-state index contributed by atoms with van der Waals surface area (Å²) in [5, 5.41) is 11.6. The number of carboxylic acids is 1. The summed E-state index contributed by atoms with van der Waals surface area (Å²) in [7, 11) is 0. The molecule has 0 aromatic heterocycles. The highest BCUT2D eigenvalue weighted by molar-refractivity contribution is 5.96. The third kappa shape index (κ3) is 3.91. The highest BCUT2D eigenvalue weighted by Gasteiger charge is 2.22. The Morgan fingerprint density at radius 3 is 2.55 bits per heavy atom. The van der Waals surface area contributed by atoms with Crippen LogP contribution in [0.5, 0.6) is 0 Å². The van der Waals surface area contributed by atoms with Gasteiger partial charge in [-0.25, -0.2) is 9.18 Å². The first-order valence-electron chi connectivity index (χ1n) is 6.81. The van der Waals surface area contributed by atoms with Gasteiger partial charge in [-0.2, -0.15) is 0 Å². The smallest absolute Gasteiger partial charge is 0.326 e. The Kier molecular flexibility index (Phi) is 4.88. The van der Waals surface area contributed by atoms with Gasteiger partial charge in [0.15, 0.2) is 0 Å². The van der Waals surface area contributed by atoms with E-state index in [-0.39, 0.29) is 12.0 Å². The van der Waals surface area contributed by atoms with E-state index < -0.39 is 23.7 Å². The molecule has 0 aliphatic heterocycles. The first-order valence-corrected chi connectivity index (χ1v) is 6.81. The number of carbonyl (C=O) groups excluding carboxylic acids is 1. The number of nitrogens with one attached hydrogen (secondary N) is 1. The minimum absolute atomic E-state index is 0.136. The summed E-state index contributed by atoms with van der Waals surface area (Å²) >= 11 is 0. The highest BCUT2D eigenvalue weighted by Crippen LogP contribution is 2.10. The fourth-order valence-corrected chi connectivity index (χ4v) is 2.16. The molecule has 2 N–H and O–H groups in total. The average Bonchev–Trinajstić information content (AvgIpc) is 2.46. The topological polar surface area (TPSA) is 66.4 Å². The van der Waals surface area contributed by atoms with Gasteiger partial charge in [-0.15, -0.1) is 0 Å². The summed E-state index contributed by atoms with van der Waals surface area (Å²) in [6, 6.07) is 11.7. The zero-order valence-corrected chi connectivity index (χ0v) is 12.0. The van der Waals surface area contributed by atoms with Crippen molar-refractivity contribution in [2.24, 2.45) is 0 Å². The summed E-state index contributed by atoms with van der Waals surface area (Å²) in [5.41, 5.74) is 1.63. The highest BCUT2D eigenvalue weighted by atomic mass is 19.1. The number of hydrogen-bond donors (Lipinski definition) is 2. The zero-order valence-electron chi connectivity index (χ0n) is 12.0. The van der Waals surface area contributed by atoms with Gasteiger partial charge in [-0.05, 0) is 24.6 Å². The maximum atomic E-state index is 13.6. The number of carboxylic acid groups (broad SMARTS) is 1. The van der Waals surface area contributed by atoms with Crippen LogP contribution in [-0.2, 0) is 11.2 Å². The van der Waals surface area contributed by atoms with Crippen molar-refractivity contribution in [3.05, 3.63) is 71.0 Å². The van der Waals surface area contributed by atoms with Gasteiger partial charge in [-0.1, -0.05) is 42.0 Å². The van der Waals surface area contributed by atoms with E-state index in [9.17, 15) is 19.1 Å². The normalized spacial score (nSPS) is 11.7. The first-order chi connectivity index (χ1) is 10.5. The van der Waals surface area contributed by atoms with E-state index in [0.717, 1.165) is 17.2 Å². The molecular weight excluding hydrogens is 285 g/mol. The molecule has 0 radical (unpaired) electrons. The summed E-state index contributed by atoms with van der Waals surface area (Å²) in [5.74, 6) is -2.58. The molecule has 0 unspecified atom stereocenters. The summed E-state index contributed by atoms with van der Waals surface area (Å²) < 4.78 is 13.6. The molecule has 0 heterocycles. The fourth-order valence-electron chi connectivity index (χ4n) is 2.16. The number of carbonyl (C=O) groups is 2.